The van der Waals surface area contributed by atoms with Gasteiger partial charge in [-0.3, -0.25) is 13.7 Å². The van der Waals surface area contributed by atoms with Crippen LogP contribution in [0.1, 0.15) is 6.23 Å². The molecule has 37 heavy (non-hydrogen) atoms. The lowest BCUT2D eigenvalue weighted by atomic mass is 10.1. The number of nitrogens with zero attached hydrogens (tertiary/aromatic N) is 4. The molecule has 3 heterocycles. The standard InChI is InChI=1S/C13H20N5O16P3/c14-10-7-11(16-3-15-10)18(4-17-7)12-9(20)8(19)5(32-12)1-30-36(26,27)34-37(28,29)31-2-6(13(21)22)33-35(23,24)25/h3-6,8-9,12,19-20H,1-2H2,(H,21,22)(H,26,27)(H,28,29)(H2,14,15,16)(H2,23,24,25)/p-5/t5-,6?,8-,9-,12-/m1/s1. The van der Waals surface area contributed by atoms with Gasteiger partial charge in [0.05, 0.1) is 33.3 Å². The van der Waals surface area contributed by atoms with Gasteiger partial charge < -0.3 is 68.3 Å². The minimum atomic E-state index is -5.95. The van der Waals surface area contributed by atoms with Crippen molar-refractivity contribution in [3.05, 3.63) is 12.7 Å². The first-order chi connectivity index (χ1) is 17.0. The molecule has 0 bridgehead atoms. The molecule has 21 nitrogen and oxygen atoms in total. The Morgan fingerprint density at radius 1 is 1.11 bits per heavy atom. The summed E-state index contributed by atoms with van der Waals surface area (Å²) in [6.07, 6.45) is -6.91. The lowest BCUT2D eigenvalue weighted by Crippen LogP contribution is -2.42. The summed E-state index contributed by atoms with van der Waals surface area (Å²) in [4.78, 5) is 66.9. The molecule has 4 N–H and O–H groups in total. The average Bonchev–Trinajstić information content (AvgIpc) is 3.30. The number of aliphatic hydroxyl groups excluding tert-OH is 2. The molecule has 3 unspecified atom stereocenters. The minimum absolute atomic E-state index is 0.00191. The number of aliphatic hydroxyl groups is 2. The number of anilines is 1. The maximum atomic E-state index is 11.9. The van der Waals surface area contributed by atoms with E-state index in [1.54, 1.807) is 0 Å². The molecule has 0 radical (unpaired) electrons. The molecule has 208 valence electrons. The van der Waals surface area contributed by atoms with Gasteiger partial charge in [-0.2, -0.15) is 0 Å². The number of carbonyl (C=O) groups excluding carboxylic acids is 1. The summed E-state index contributed by atoms with van der Waals surface area (Å²) < 4.78 is 56.0. The molecule has 0 amide bonds. The third-order valence-corrected chi connectivity index (χ3v) is 7.54. The second-order valence-corrected chi connectivity index (χ2v) is 11.1. The van der Waals surface area contributed by atoms with E-state index in [9.17, 15) is 53.4 Å². The van der Waals surface area contributed by atoms with Gasteiger partial charge in [0.25, 0.3) is 15.6 Å². The quantitative estimate of drug-likeness (QED) is 0.194. The van der Waals surface area contributed by atoms with Gasteiger partial charge in [0.15, 0.2) is 17.7 Å². The molecule has 2 aromatic heterocycles. The number of imidazole rings is 1. The fourth-order valence-corrected chi connectivity index (χ4v) is 5.41. The fraction of sp³-hybridized carbons (Fsp3) is 0.538. The normalized spacial score (nSPS) is 26.5. The van der Waals surface area contributed by atoms with Gasteiger partial charge in [0, 0.05) is 0 Å². The zero-order chi connectivity index (χ0) is 27.8. The Labute approximate surface area is 204 Å². The lowest BCUT2D eigenvalue weighted by Gasteiger charge is -2.35. The molecule has 24 heteroatoms. The summed E-state index contributed by atoms with van der Waals surface area (Å²) in [5.41, 5.74) is 5.89. The summed E-state index contributed by atoms with van der Waals surface area (Å²) in [5, 5.41) is 31.2. The van der Waals surface area contributed by atoms with Crippen LogP contribution < -0.4 is 30.4 Å². The zero-order valence-corrected chi connectivity index (χ0v) is 20.5. The van der Waals surface area contributed by atoms with Crippen LogP contribution in [0.2, 0.25) is 0 Å². The fourth-order valence-electron chi connectivity index (χ4n) is 2.94. The third-order valence-electron chi connectivity index (χ3n) is 4.50. The smallest absolute Gasteiger partial charge is 0.274 e. The van der Waals surface area contributed by atoms with Crippen LogP contribution >= 0.6 is 23.5 Å². The van der Waals surface area contributed by atoms with Crippen LogP contribution in [0.4, 0.5) is 5.82 Å². The first-order valence-electron chi connectivity index (χ1n) is 9.48. The Balaban J connectivity index is 1.60. The van der Waals surface area contributed by atoms with Crippen molar-refractivity contribution >= 4 is 46.4 Å². The minimum Gasteiger partial charge on any atom is -0.790 e. The number of nitrogens with two attached hydrogens (primary N) is 1. The van der Waals surface area contributed by atoms with Crippen molar-refractivity contribution in [1.82, 2.24) is 19.5 Å². The first-order valence-corrected chi connectivity index (χ1v) is 13.9. The van der Waals surface area contributed by atoms with Gasteiger partial charge in [-0.1, -0.05) is 0 Å². The number of carboxylic acid groups (broad SMARTS) is 1. The number of phosphoric acid groups is 3. The monoisotopic (exact) mass is 590 g/mol. The van der Waals surface area contributed by atoms with Gasteiger partial charge in [-0.25, -0.2) is 19.3 Å². The van der Waals surface area contributed by atoms with Crippen molar-refractivity contribution in [3.63, 3.8) is 0 Å². The number of hydrogen-bond donors (Lipinski definition) is 3. The van der Waals surface area contributed by atoms with Crippen molar-refractivity contribution in [3.8, 4) is 0 Å². The van der Waals surface area contributed by atoms with Gasteiger partial charge in [0.2, 0.25) is 0 Å². The SMILES string of the molecule is Nc1ncnc2c1ncn2[C@@H]1O[C@H](COP(=O)([O-])OP(=O)([O-])OCC(OP(=O)([O-])[O-])C(=O)[O-])[C@@H](O)[C@H]1O. The van der Waals surface area contributed by atoms with E-state index in [-0.39, 0.29) is 17.0 Å². The Morgan fingerprint density at radius 3 is 2.38 bits per heavy atom. The van der Waals surface area contributed by atoms with E-state index in [1.807, 2.05) is 0 Å². The summed E-state index contributed by atoms with van der Waals surface area (Å²) >= 11 is 0. The Hall–Kier alpha value is -1.93. The highest BCUT2D eigenvalue weighted by molar-refractivity contribution is 7.59. The molecule has 1 aliphatic heterocycles. The molecule has 0 aromatic carbocycles. The number of rotatable bonds is 12. The Morgan fingerprint density at radius 2 is 1.76 bits per heavy atom. The predicted molar refractivity (Wildman–Crippen MR) is 101 cm³/mol. The lowest BCUT2D eigenvalue weighted by molar-refractivity contribution is -0.354. The summed E-state index contributed by atoms with van der Waals surface area (Å²) in [6, 6.07) is 0. The van der Waals surface area contributed by atoms with E-state index in [0.29, 0.717) is 0 Å². The van der Waals surface area contributed by atoms with Crippen LogP contribution in [0.3, 0.4) is 0 Å². The molecule has 1 saturated heterocycles. The number of hydrogen-bond acceptors (Lipinski definition) is 20. The number of aliphatic carboxylic acids is 1. The van der Waals surface area contributed by atoms with E-state index in [1.165, 1.54) is 0 Å². The molecule has 3 rings (SSSR count). The van der Waals surface area contributed by atoms with Crippen molar-refractivity contribution in [2.45, 2.75) is 30.6 Å². The van der Waals surface area contributed by atoms with E-state index in [2.05, 4.69) is 32.8 Å². The van der Waals surface area contributed by atoms with Crippen LogP contribution in [0.5, 0.6) is 0 Å². The second kappa shape index (κ2) is 11.0. The molecular weight excluding hydrogens is 575 g/mol. The molecule has 0 spiro atoms. The van der Waals surface area contributed by atoms with Gasteiger partial charge in [0.1, 0.15) is 36.3 Å². The molecule has 1 aliphatic rings. The predicted octanol–water partition coefficient (Wildman–Crippen LogP) is -6.02. The molecular formula is C13H15N5O16P3-5. The van der Waals surface area contributed by atoms with Crippen LogP contribution in [-0.2, 0) is 41.1 Å². The maximum absolute atomic E-state index is 11.9. The number of fused-ring (bicyclic) bond motifs is 1. The van der Waals surface area contributed by atoms with Crippen molar-refractivity contribution < 1.29 is 76.0 Å². The van der Waals surface area contributed by atoms with E-state index in [4.69, 9.17) is 10.5 Å². The van der Waals surface area contributed by atoms with Crippen LogP contribution in [0.15, 0.2) is 12.7 Å². The van der Waals surface area contributed by atoms with E-state index < -0.39 is 73.3 Å². The topological polar surface area (TPSA) is 340 Å². The average molecular weight is 590 g/mol. The summed E-state index contributed by atoms with van der Waals surface area (Å²) in [6.45, 7) is -2.82. The highest BCUT2D eigenvalue weighted by Gasteiger charge is 2.45. The number of phosphoric ester groups is 3. The first kappa shape index (κ1) is 29.6. The van der Waals surface area contributed by atoms with Crippen LogP contribution in [-0.4, -0.2) is 73.3 Å². The third kappa shape index (κ3) is 7.56. The van der Waals surface area contributed by atoms with Gasteiger partial charge in [-0.15, -0.1) is 0 Å². The number of nitrogen functional groups attached to an aromatic ring is 1. The van der Waals surface area contributed by atoms with Gasteiger partial charge >= 0.3 is 0 Å². The zero-order valence-electron chi connectivity index (χ0n) is 17.8. The Kier molecular flexibility index (Phi) is 8.85. The van der Waals surface area contributed by atoms with E-state index in [0.717, 1.165) is 17.2 Å². The number of ether oxygens (including phenoxy) is 1. The van der Waals surface area contributed by atoms with Gasteiger partial charge in [-0.05, 0) is 0 Å². The van der Waals surface area contributed by atoms with E-state index >= 15 is 0 Å². The highest BCUT2D eigenvalue weighted by Crippen LogP contribution is 2.56. The van der Waals surface area contributed by atoms with Crippen LogP contribution in [0, 0.1) is 0 Å². The second-order valence-electron chi connectivity index (χ2n) is 7.06. The summed E-state index contributed by atoms with van der Waals surface area (Å²) in [7, 11) is -17.7. The molecule has 1 fully saturated rings. The molecule has 2 aromatic rings. The largest absolute Gasteiger partial charge is 0.790 e. The van der Waals surface area contributed by atoms with Crippen LogP contribution in [0.25, 0.3) is 11.2 Å². The maximum Gasteiger partial charge on any atom is 0.274 e. The van der Waals surface area contributed by atoms with Crippen molar-refractivity contribution in [1.29, 1.82) is 0 Å². The molecule has 0 saturated carbocycles. The number of aromatic nitrogens is 4. The highest BCUT2D eigenvalue weighted by atomic mass is 31.3. The molecule has 7 atom stereocenters. The summed E-state index contributed by atoms with van der Waals surface area (Å²) in [5.74, 6) is -2.38. The number of carbonyl (C=O) groups is 1. The number of carboxylic acids is 1. The molecule has 0 aliphatic carbocycles. The Bertz CT molecular complexity index is 1280. The van der Waals surface area contributed by atoms with Crippen molar-refractivity contribution in [2.24, 2.45) is 0 Å². The van der Waals surface area contributed by atoms with Crippen molar-refractivity contribution in [2.75, 3.05) is 18.9 Å².